The molecular weight excluding hydrogens is 550 g/mol. The van der Waals surface area contributed by atoms with E-state index in [0.717, 1.165) is 67.1 Å². The lowest BCUT2D eigenvalue weighted by Crippen LogP contribution is -2.14. The van der Waals surface area contributed by atoms with Gasteiger partial charge < -0.3 is 4.42 Å². The van der Waals surface area contributed by atoms with E-state index in [1.807, 2.05) is 12.1 Å². The molecule has 4 nitrogen and oxygen atoms in total. The summed E-state index contributed by atoms with van der Waals surface area (Å²) in [6.07, 6.45) is 0. The molecule has 2 aromatic heterocycles. The fraction of sp³-hybridized carbons (Fsp3) is 0. The molecule has 0 saturated heterocycles. The Hall–Kier alpha value is -6.13. The highest BCUT2D eigenvalue weighted by Crippen LogP contribution is 2.50. The van der Waals surface area contributed by atoms with Gasteiger partial charge in [0.05, 0.1) is 22.4 Å². The Morgan fingerprint density at radius 3 is 2.27 bits per heavy atom. The average Bonchev–Trinajstić information content (AvgIpc) is 3.63. The predicted octanol–water partition coefficient (Wildman–Crippen LogP) is 11.2. The molecule has 0 saturated carbocycles. The van der Waals surface area contributed by atoms with Crippen LogP contribution < -0.4 is 4.90 Å². The largest absolute Gasteiger partial charge is 0.456 e. The maximum atomic E-state index is 6.13. The van der Waals surface area contributed by atoms with Crippen molar-refractivity contribution in [2.45, 2.75) is 0 Å². The molecule has 3 heterocycles. The van der Waals surface area contributed by atoms with Crippen molar-refractivity contribution in [1.29, 1.82) is 0 Å². The standard InChI is InChI=1S/C41H25N3O/c1-2-13-30-26(10-1)20-22-37-40(30)32-15-3-6-17-35(32)44-36-18-7-5-16-34(36)42-41(44)43(37)29-12-9-11-27(24-29)28-21-23-39-33(25-28)31-14-4-8-19-38(31)45-39/h1-25H. The molecule has 45 heavy (non-hydrogen) atoms. The maximum Gasteiger partial charge on any atom is 0.220 e. The molecule has 0 aliphatic carbocycles. The van der Waals surface area contributed by atoms with Gasteiger partial charge in [-0.1, -0.05) is 97.1 Å². The number of furan rings is 1. The van der Waals surface area contributed by atoms with Crippen LogP contribution in [0.25, 0.3) is 71.7 Å². The fourth-order valence-electron chi connectivity index (χ4n) is 7.10. The molecule has 0 unspecified atom stereocenters. The Morgan fingerprint density at radius 1 is 0.511 bits per heavy atom. The zero-order valence-corrected chi connectivity index (χ0v) is 24.2. The zero-order valence-electron chi connectivity index (χ0n) is 24.2. The van der Waals surface area contributed by atoms with Crippen LogP contribution in [0.1, 0.15) is 0 Å². The van der Waals surface area contributed by atoms with Gasteiger partial charge in [0, 0.05) is 27.6 Å². The second kappa shape index (κ2) is 9.18. The summed E-state index contributed by atoms with van der Waals surface area (Å²) in [7, 11) is 0. The SMILES string of the molecule is c1cc(-c2ccc3oc4ccccc4c3c2)cc(N2c3ccc4ccccc4c3-c3ccccc3-n3c2nc2ccccc23)c1. The first-order chi connectivity index (χ1) is 22.3. The molecule has 0 spiro atoms. The van der Waals surface area contributed by atoms with Crippen molar-refractivity contribution < 1.29 is 4.42 Å². The smallest absolute Gasteiger partial charge is 0.220 e. The van der Waals surface area contributed by atoms with E-state index in [-0.39, 0.29) is 0 Å². The first-order valence-corrected chi connectivity index (χ1v) is 15.2. The summed E-state index contributed by atoms with van der Waals surface area (Å²) in [6.45, 7) is 0. The van der Waals surface area contributed by atoms with Gasteiger partial charge in [0.15, 0.2) is 0 Å². The van der Waals surface area contributed by atoms with E-state index in [0.29, 0.717) is 0 Å². The number of aromatic nitrogens is 2. The van der Waals surface area contributed by atoms with Crippen LogP contribution in [0.2, 0.25) is 0 Å². The summed E-state index contributed by atoms with van der Waals surface area (Å²) in [5, 5.41) is 4.68. The minimum atomic E-state index is 0.867. The Balaban J connectivity index is 1.26. The number of nitrogens with zero attached hydrogens (tertiary/aromatic N) is 3. The van der Waals surface area contributed by atoms with E-state index in [1.54, 1.807) is 0 Å². The number of anilines is 3. The molecule has 0 amide bonds. The van der Waals surface area contributed by atoms with Gasteiger partial charge in [-0.05, 0) is 76.5 Å². The Morgan fingerprint density at radius 2 is 1.29 bits per heavy atom. The molecule has 1 aliphatic rings. The van der Waals surface area contributed by atoms with Gasteiger partial charge in [-0.25, -0.2) is 4.98 Å². The van der Waals surface area contributed by atoms with E-state index in [1.165, 1.54) is 21.9 Å². The van der Waals surface area contributed by atoms with Crippen molar-refractivity contribution in [3.63, 3.8) is 0 Å². The van der Waals surface area contributed by atoms with Gasteiger partial charge in [-0.3, -0.25) is 9.47 Å². The van der Waals surface area contributed by atoms with Crippen molar-refractivity contribution in [2.24, 2.45) is 0 Å². The highest BCUT2D eigenvalue weighted by atomic mass is 16.3. The molecule has 0 radical (unpaired) electrons. The summed E-state index contributed by atoms with van der Waals surface area (Å²) >= 11 is 0. The first-order valence-electron chi connectivity index (χ1n) is 15.2. The van der Waals surface area contributed by atoms with E-state index in [4.69, 9.17) is 9.40 Å². The fourth-order valence-corrected chi connectivity index (χ4v) is 7.10. The number of imidazole rings is 1. The van der Waals surface area contributed by atoms with Crippen LogP contribution in [0.3, 0.4) is 0 Å². The van der Waals surface area contributed by atoms with Crippen molar-refractivity contribution in [1.82, 2.24) is 9.55 Å². The van der Waals surface area contributed by atoms with Crippen LogP contribution in [0, 0.1) is 0 Å². The van der Waals surface area contributed by atoms with E-state index >= 15 is 0 Å². The van der Waals surface area contributed by atoms with Gasteiger partial charge >= 0.3 is 0 Å². The number of hydrogen-bond acceptors (Lipinski definition) is 3. The Kier molecular flexibility index (Phi) is 4.96. The Bertz CT molecular complexity index is 2630. The number of rotatable bonds is 2. The summed E-state index contributed by atoms with van der Waals surface area (Å²) in [6, 6.07) is 53.8. The van der Waals surface area contributed by atoms with E-state index < -0.39 is 0 Å². The van der Waals surface area contributed by atoms with Gasteiger partial charge in [0.1, 0.15) is 11.2 Å². The van der Waals surface area contributed by atoms with Crippen molar-refractivity contribution in [3.8, 4) is 27.9 Å². The predicted molar refractivity (Wildman–Crippen MR) is 185 cm³/mol. The van der Waals surface area contributed by atoms with Gasteiger partial charge in [0.2, 0.25) is 5.95 Å². The minimum Gasteiger partial charge on any atom is -0.456 e. The zero-order chi connectivity index (χ0) is 29.5. The molecule has 210 valence electrons. The monoisotopic (exact) mass is 575 g/mol. The minimum absolute atomic E-state index is 0.867. The molecule has 4 heteroatoms. The second-order valence-electron chi connectivity index (χ2n) is 11.6. The lowest BCUT2D eigenvalue weighted by molar-refractivity contribution is 0.669. The molecule has 0 N–H and O–H groups in total. The number of hydrogen-bond donors (Lipinski definition) is 0. The Labute approximate surface area is 259 Å². The highest BCUT2D eigenvalue weighted by molar-refractivity contribution is 6.09. The topological polar surface area (TPSA) is 34.2 Å². The quantitative estimate of drug-likeness (QED) is 0.206. The summed E-state index contributed by atoms with van der Waals surface area (Å²) in [5.41, 5.74) is 11.8. The molecule has 0 bridgehead atoms. The summed E-state index contributed by atoms with van der Waals surface area (Å²) in [4.78, 5) is 7.63. The normalized spacial score (nSPS) is 12.4. The second-order valence-corrected chi connectivity index (χ2v) is 11.6. The van der Waals surface area contributed by atoms with Crippen LogP contribution in [-0.4, -0.2) is 9.55 Å². The van der Waals surface area contributed by atoms with Crippen LogP contribution in [0.5, 0.6) is 0 Å². The molecular formula is C41H25N3O. The molecule has 0 atom stereocenters. The highest BCUT2D eigenvalue weighted by Gasteiger charge is 2.30. The first kappa shape index (κ1) is 24.3. The van der Waals surface area contributed by atoms with Crippen LogP contribution in [0.4, 0.5) is 17.3 Å². The van der Waals surface area contributed by atoms with Crippen LogP contribution >= 0.6 is 0 Å². The molecule has 9 aromatic rings. The molecule has 0 fully saturated rings. The van der Waals surface area contributed by atoms with Gasteiger partial charge in [0.25, 0.3) is 0 Å². The molecule has 10 rings (SSSR count). The van der Waals surface area contributed by atoms with Gasteiger partial charge in [-0.15, -0.1) is 0 Å². The van der Waals surface area contributed by atoms with E-state index in [2.05, 4.69) is 149 Å². The van der Waals surface area contributed by atoms with Crippen molar-refractivity contribution in [2.75, 3.05) is 4.90 Å². The third-order valence-electron chi connectivity index (χ3n) is 9.12. The number of para-hydroxylation sites is 4. The third-order valence-corrected chi connectivity index (χ3v) is 9.12. The molecule has 1 aliphatic heterocycles. The summed E-state index contributed by atoms with van der Waals surface area (Å²) < 4.78 is 8.44. The van der Waals surface area contributed by atoms with Crippen LogP contribution in [-0.2, 0) is 0 Å². The summed E-state index contributed by atoms with van der Waals surface area (Å²) in [5.74, 6) is 0.867. The van der Waals surface area contributed by atoms with E-state index in [9.17, 15) is 0 Å². The molecule has 7 aromatic carbocycles. The van der Waals surface area contributed by atoms with Crippen molar-refractivity contribution in [3.05, 3.63) is 152 Å². The maximum absolute atomic E-state index is 6.13. The lowest BCUT2D eigenvalue weighted by atomic mass is 9.94. The number of benzene rings is 7. The van der Waals surface area contributed by atoms with Crippen molar-refractivity contribution >= 4 is 61.1 Å². The third kappa shape index (κ3) is 3.51. The number of fused-ring (bicyclic) bond motifs is 12. The lowest BCUT2D eigenvalue weighted by Gasteiger charge is -2.25. The van der Waals surface area contributed by atoms with Gasteiger partial charge in [-0.2, -0.15) is 0 Å². The van der Waals surface area contributed by atoms with Crippen LogP contribution in [0.15, 0.2) is 156 Å². The average molecular weight is 576 g/mol.